The Bertz CT molecular complexity index is 1150. The molecule has 6 nitrogen and oxygen atoms in total. The van der Waals surface area contributed by atoms with Gasteiger partial charge in [-0.3, -0.25) is 14.4 Å². The van der Waals surface area contributed by atoms with E-state index in [0.29, 0.717) is 33.8 Å². The Balaban J connectivity index is 1.51. The molecule has 0 fully saturated rings. The lowest BCUT2D eigenvalue weighted by atomic mass is 10.1. The fourth-order valence-corrected chi connectivity index (χ4v) is 3.54. The number of carbonyl (C=O) groups excluding carboxylic acids is 3. The SMILES string of the molecule is CC(C)Oc1ccc(C(=O)Nc2ccc(N3C(=O)c4ccccc4C3=O)cc2Cl)cc1. The maximum Gasteiger partial charge on any atom is 0.266 e. The molecule has 0 unspecified atom stereocenters. The smallest absolute Gasteiger partial charge is 0.266 e. The van der Waals surface area contributed by atoms with Gasteiger partial charge < -0.3 is 10.1 Å². The van der Waals surface area contributed by atoms with E-state index in [9.17, 15) is 14.4 Å². The zero-order chi connectivity index (χ0) is 22.1. The molecule has 0 aromatic heterocycles. The van der Waals surface area contributed by atoms with Crippen LogP contribution < -0.4 is 15.0 Å². The molecule has 0 bridgehead atoms. The molecule has 0 spiro atoms. The lowest BCUT2D eigenvalue weighted by molar-refractivity contribution is 0.0924. The van der Waals surface area contributed by atoms with Crippen molar-refractivity contribution in [3.8, 4) is 5.75 Å². The highest BCUT2D eigenvalue weighted by atomic mass is 35.5. The zero-order valence-electron chi connectivity index (χ0n) is 16.9. The van der Waals surface area contributed by atoms with E-state index in [2.05, 4.69) is 5.32 Å². The van der Waals surface area contributed by atoms with E-state index in [0.717, 1.165) is 4.90 Å². The minimum Gasteiger partial charge on any atom is -0.491 e. The Morgan fingerprint density at radius 3 is 2.10 bits per heavy atom. The van der Waals surface area contributed by atoms with Gasteiger partial charge in [-0.1, -0.05) is 23.7 Å². The van der Waals surface area contributed by atoms with Crippen LogP contribution in [0.3, 0.4) is 0 Å². The highest BCUT2D eigenvalue weighted by molar-refractivity contribution is 6.37. The highest BCUT2D eigenvalue weighted by Crippen LogP contribution is 2.33. The molecule has 156 valence electrons. The maximum absolute atomic E-state index is 12.6. The van der Waals surface area contributed by atoms with Crippen molar-refractivity contribution in [2.45, 2.75) is 20.0 Å². The van der Waals surface area contributed by atoms with E-state index in [4.69, 9.17) is 16.3 Å². The number of imide groups is 1. The molecule has 0 radical (unpaired) electrons. The number of hydrogen-bond donors (Lipinski definition) is 1. The molecule has 1 N–H and O–H groups in total. The molecule has 0 atom stereocenters. The molecule has 3 amide bonds. The number of hydrogen-bond acceptors (Lipinski definition) is 4. The van der Waals surface area contributed by atoms with Gasteiger partial charge in [0, 0.05) is 5.56 Å². The van der Waals surface area contributed by atoms with Gasteiger partial charge in [-0.2, -0.15) is 0 Å². The van der Waals surface area contributed by atoms with Gasteiger partial charge in [-0.05, 0) is 68.4 Å². The van der Waals surface area contributed by atoms with Gasteiger partial charge in [0.25, 0.3) is 17.7 Å². The van der Waals surface area contributed by atoms with Crippen molar-refractivity contribution in [1.29, 1.82) is 0 Å². The summed E-state index contributed by atoms with van der Waals surface area (Å²) in [5.74, 6) is -0.476. The van der Waals surface area contributed by atoms with Crippen molar-refractivity contribution < 1.29 is 19.1 Å². The average Bonchev–Trinajstić information content (AvgIpc) is 3.00. The summed E-state index contributed by atoms with van der Waals surface area (Å²) in [6, 6.07) is 18.0. The Kier molecular flexibility index (Phi) is 5.48. The van der Waals surface area contributed by atoms with Crippen LogP contribution >= 0.6 is 11.6 Å². The number of carbonyl (C=O) groups is 3. The van der Waals surface area contributed by atoms with E-state index in [1.54, 1.807) is 60.7 Å². The summed E-state index contributed by atoms with van der Waals surface area (Å²) >= 11 is 6.34. The molecule has 1 aliphatic heterocycles. The fraction of sp³-hybridized carbons (Fsp3) is 0.125. The normalized spacial score (nSPS) is 12.8. The van der Waals surface area contributed by atoms with Crippen molar-refractivity contribution in [3.63, 3.8) is 0 Å². The van der Waals surface area contributed by atoms with Crippen LogP contribution in [0.5, 0.6) is 5.75 Å². The standard InChI is InChI=1S/C24H19ClN2O4/c1-14(2)31-17-10-7-15(8-11-17)22(28)26-21-12-9-16(13-20(21)25)27-23(29)18-5-3-4-6-19(18)24(27)30/h3-14H,1-2H3,(H,26,28). The van der Waals surface area contributed by atoms with E-state index < -0.39 is 11.8 Å². The first-order valence-corrected chi connectivity index (χ1v) is 10.1. The van der Waals surface area contributed by atoms with Crippen molar-refractivity contribution in [1.82, 2.24) is 0 Å². The summed E-state index contributed by atoms with van der Waals surface area (Å²) in [5.41, 5.74) is 1.85. The van der Waals surface area contributed by atoms with Gasteiger partial charge >= 0.3 is 0 Å². The Morgan fingerprint density at radius 1 is 0.935 bits per heavy atom. The minimum atomic E-state index is -0.405. The van der Waals surface area contributed by atoms with Gasteiger partial charge in [0.05, 0.1) is 33.6 Å². The first-order chi connectivity index (χ1) is 14.8. The summed E-state index contributed by atoms with van der Waals surface area (Å²) in [6.07, 6.45) is 0.0409. The van der Waals surface area contributed by atoms with Crippen LogP contribution in [0.1, 0.15) is 44.9 Å². The third-order valence-corrected chi connectivity index (χ3v) is 5.05. The third kappa shape index (κ3) is 4.02. The van der Waals surface area contributed by atoms with Gasteiger partial charge in [-0.25, -0.2) is 4.90 Å². The molecule has 0 aliphatic carbocycles. The van der Waals surface area contributed by atoms with Gasteiger partial charge in [0.15, 0.2) is 0 Å². The molecule has 4 rings (SSSR count). The average molecular weight is 435 g/mol. The topological polar surface area (TPSA) is 75.7 Å². The van der Waals surface area contributed by atoms with Crippen LogP contribution in [-0.2, 0) is 0 Å². The Morgan fingerprint density at radius 2 is 1.55 bits per heavy atom. The van der Waals surface area contributed by atoms with Crippen molar-refractivity contribution in [3.05, 3.63) is 88.4 Å². The lowest BCUT2D eigenvalue weighted by Crippen LogP contribution is -2.29. The largest absolute Gasteiger partial charge is 0.491 e. The molecule has 3 aromatic carbocycles. The number of rotatable bonds is 5. The van der Waals surface area contributed by atoms with Crippen LogP contribution in [0.15, 0.2) is 66.7 Å². The van der Waals surface area contributed by atoms with E-state index in [1.165, 1.54) is 6.07 Å². The third-order valence-electron chi connectivity index (χ3n) is 4.74. The second-order valence-corrected chi connectivity index (χ2v) is 7.71. The number of benzene rings is 3. The first kappa shape index (κ1) is 20.6. The number of nitrogens with zero attached hydrogens (tertiary/aromatic N) is 1. The molecular formula is C24H19ClN2O4. The minimum absolute atomic E-state index is 0.0409. The second-order valence-electron chi connectivity index (χ2n) is 7.30. The van der Waals surface area contributed by atoms with Crippen LogP contribution in [-0.4, -0.2) is 23.8 Å². The zero-order valence-corrected chi connectivity index (χ0v) is 17.6. The quantitative estimate of drug-likeness (QED) is 0.561. The number of ether oxygens (including phenoxy) is 1. The molecule has 1 aliphatic rings. The summed E-state index contributed by atoms with van der Waals surface area (Å²) in [5, 5.41) is 2.95. The summed E-state index contributed by atoms with van der Waals surface area (Å²) in [4.78, 5) is 38.9. The Labute approximate surface area is 184 Å². The summed E-state index contributed by atoms with van der Waals surface area (Å²) in [7, 11) is 0. The van der Waals surface area contributed by atoms with Crippen molar-refractivity contribution in [2.75, 3.05) is 10.2 Å². The van der Waals surface area contributed by atoms with Gasteiger partial charge in [-0.15, -0.1) is 0 Å². The number of nitrogens with one attached hydrogen (secondary N) is 1. The number of fused-ring (bicyclic) bond motifs is 1. The second kappa shape index (κ2) is 8.24. The first-order valence-electron chi connectivity index (χ1n) is 9.70. The highest BCUT2D eigenvalue weighted by Gasteiger charge is 2.36. The van der Waals surface area contributed by atoms with E-state index in [1.807, 2.05) is 13.8 Å². The number of amides is 3. The van der Waals surface area contributed by atoms with Gasteiger partial charge in [0.1, 0.15) is 5.75 Å². The molecular weight excluding hydrogens is 416 g/mol. The van der Waals surface area contributed by atoms with Crippen LogP contribution in [0, 0.1) is 0 Å². The fourth-order valence-electron chi connectivity index (χ4n) is 3.32. The predicted octanol–water partition coefficient (Wildman–Crippen LogP) is 5.18. The molecule has 1 heterocycles. The van der Waals surface area contributed by atoms with Crippen molar-refractivity contribution in [2.24, 2.45) is 0 Å². The van der Waals surface area contributed by atoms with Crippen LogP contribution in [0.2, 0.25) is 5.02 Å². The molecule has 31 heavy (non-hydrogen) atoms. The van der Waals surface area contributed by atoms with E-state index in [-0.39, 0.29) is 17.0 Å². The summed E-state index contributed by atoms with van der Waals surface area (Å²) in [6.45, 7) is 3.85. The molecule has 7 heteroatoms. The molecule has 0 saturated heterocycles. The van der Waals surface area contributed by atoms with Gasteiger partial charge in [0.2, 0.25) is 0 Å². The maximum atomic E-state index is 12.6. The van der Waals surface area contributed by atoms with Crippen LogP contribution in [0.25, 0.3) is 0 Å². The molecule has 3 aromatic rings. The number of halogens is 1. The summed E-state index contributed by atoms with van der Waals surface area (Å²) < 4.78 is 5.58. The van der Waals surface area contributed by atoms with Crippen LogP contribution in [0.4, 0.5) is 11.4 Å². The lowest BCUT2D eigenvalue weighted by Gasteiger charge is -2.16. The van der Waals surface area contributed by atoms with E-state index >= 15 is 0 Å². The molecule has 0 saturated carbocycles. The number of anilines is 2. The monoisotopic (exact) mass is 434 g/mol. The predicted molar refractivity (Wildman–Crippen MR) is 119 cm³/mol. The Hall–Kier alpha value is -3.64. The van der Waals surface area contributed by atoms with Crippen molar-refractivity contribution >= 4 is 40.7 Å².